The van der Waals surface area contributed by atoms with Gasteiger partial charge in [-0.2, -0.15) is 0 Å². The molecule has 1 aliphatic heterocycles. The fourth-order valence-electron chi connectivity index (χ4n) is 3.22. The van der Waals surface area contributed by atoms with Crippen LogP contribution in [0.25, 0.3) is 0 Å². The maximum absolute atomic E-state index is 12.8. The number of sulfonamides is 1. The van der Waals surface area contributed by atoms with E-state index in [2.05, 4.69) is 34.5 Å². The van der Waals surface area contributed by atoms with E-state index in [1.54, 1.807) is 11.0 Å². The van der Waals surface area contributed by atoms with Gasteiger partial charge < -0.3 is 9.80 Å². The molecule has 0 fully saturated rings. The number of quaternary nitrogens is 1. The van der Waals surface area contributed by atoms with Crippen LogP contribution < -0.4 is 14.5 Å². The molecule has 1 aromatic rings. The number of benzene rings is 1. The zero-order valence-corrected chi connectivity index (χ0v) is 17.5. The monoisotopic (exact) mass is 432 g/mol. The molecule has 0 aromatic heterocycles. The van der Waals surface area contributed by atoms with Gasteiger partial charge in [0.1, 0.15) is 4.90 Å². The molecule has 0 unspecified atom stereocenters. The van der Waals surface area contributed by atoms with E-state index in [0.29, 0.717) is 29.7 Å². The van der Waals surface area contributed by atoms with Crippen LogP contribution in [0.2, 0.25) is 0 Å². The summed E-state index contributed by atoms with van der Waals surface area (Å²) in [7, 11) is -3.67. The minimum absolute atomic E-state index is 0.136. The number of hydrogen-bond acceptors (Lipinski definition) is 3. The Hall–Kier alpha value is -0.960. The normalized spacial score (nSPS) is 14.2. The van der Waals surface area contributed by atoms with Gasteiger partial charge in [-0.25, -0.2) is 13.1 Å². The van der Waals surface area contributed by atoms with Gasteiger partial charge in [0, 0.05) is 30.9 Å². The number of carbonyl (C=O) groups is 1. The highest BCUT2D eigenvalue weighted by Crippen LogP contribution is 2.37. The summed E-state index contributed by atoms with van der Waals surface area (Å²) in [4.78, 5) is 15.1. The SMILES string of the molecule is CC[NH+](CC)CCCNS(=O)(=O)c1cc(Br)cc2c1N(C(C)=O)CC2. The third-order valence-electron chi connectivity index (χ3n) is 4.66. The highest BCUT2D eigenvalue weighted by molar-refractivity contribution is 9.10. The zero-order chi connectivity index (χ0) is 18.6. The van der Waals surface area contributed by atoms with Crippen molar-refractivity contribution in [3.63, 3.8) is 0 Å². The molecule has 1 aliphatic rings. The molecule has 25 heavy (non-hydrogen) atoms. The molecule has 2 N–H and O–H groups in total. The van der Waals surface area contributed by atoms with Crippen molar-refractivity contribution in [3.05, 3.63) is 22.2 Å². The first-order chi connectivity index (χ1) is 11.8. The summed E-state index contributed by atoms with van der Waals surface area (Å²) in [5, 5.41) is 0. The summed E-state index contributed by atoms with van der Waals surface area (Å²) in [5.41, 5.74) is 1.41. The van der Waals surface area contributed by atoms with Crippen LogP contribution in [0.15, 0.2) is 21.5 Å². The summed E-state index contributed by atoms with van der Waals surface area (Å²) < 4.78 is 29.0. The highest BCUT2D eigenvalue weighted by atomic mass is 79.9. The topological polar surface area (TPSA) is 70.9 Å². The van der Waals surface area contributed by atoms with Gasteiger partial charge in [0.25, 0.3) is 0 Å². The van der Waals surface area contributed by atoms with E-state index in [-0.39, 0.29) is 10.8 Å². The van der Waals surface area contributed by atoms with E-state index in [9.17, 15) is 13.2 Å². The van der Waals surface area contributed by atoms with Crippen molar-refractivity contribution in [2.45, 2.75) is 38.5 Å². The Bertz CT molecular complexity index is 733. The molecule has 0 saturated heterocycles. The number of rotatable bonds is 8. The summed E-state index contributed by atoms with van der Waals surface area (Å²) in [6.45, 7) is 9.65. The van der Waals surface area contributed by atoms with Crippen LogP contribution in [-0.4, -0.2) is 47.0 Å². The summed E-state index contributed by atoms with van der Waals surface area (Å²) in [6, 6.07) is 3.47. The second-order valence-corrected chi connectivity index (χ2v) is 8.94. The van der Waals surface area contributed by atoms with Crippen LogP contribution in [0.4, 0.5) is 5.69 Å². The molecule has 1 amide bonds. The van der Waals surface area contributed by atoms with Crippen LogP contribution >= 0.6 is 15.9 Å². The number of amides is 1. The van der Waals surface area contributed by atoms with Gasteiger partial charge in [-0.1, -0.05) is 15.9 Å². The number of carbonyl (C=O) groups excluding carboxylic acids is 1. The van der Waals surface area contributed by atoms with Gasteiger partial charge in [-0.3, -0.25) is 4.79 Å². The van der Waals surface area contributed by atoms with E-state index in [1.807, 2.05) is 6.07 Å². The lowest BCUT2D eigenvalue weighted by atomic mass is 10.2. The summed E-state index contributed by atoms with van der Waals surface area (Å²) >= 11 is 3.39. The van der Waals surface area contributed by atoms with Crippen molar-refractivity contribution in [2.24, 2.45) is 0 Å². The molecule has 140 valence electrons. The number of halogens is 1. The Morgan fingerprint density at radius 1 is 1.32 bits per heavy atom. The molecule has 1 heterocycles. The maximum atomic E-state index is 12.8. The fraction of sp³-hybridized carbons (Fsp3) is 0.588. The van der Waals surface area contributed by atoms with E-state index >= 15 is 0 Å². The smallest absolute Gasteiger partial charge is 0.242 e. The average molecular weight is 433 g/mol. The van der Waals surface area contributed by atoms with Gasteiger partial charge in [0.15, 0.2) is 0 Å². The van der Waals surface area contributed by atoms with Gasteiger partial charge in [0.2, 0.25) is 15.9 Å². The molecule has 0 saturated carbocycles. The first kappa shape index (κ1) is 20.4. The third kappa shape index (κ3) is 4.81. The second-order valence-electron chi connectivity index (χ2n) is 6.29. The Balaban J connectivity index is 2.18. The number of fused-ring (bicyclic) bond motifs is 1. The van der Waals surface area contributed by atoms with Crippen LogP contribution in [0, 0.1) is 0 Å². The van der Waals surface area contributed by atoms with Gasteiger partial charge >= 0.3 is 0 Å². The van der Waals surface area contributed by atoms with Crippen LogP contribution in [0.1, 0.15) is 32.8 Å². The lowest BCUT2D eigenvalue weighted by Gasteiger charge is -2.19. The lowest BCUT2D eigenvalue weighted by molar-refractivity contribution is -0.896. The predicted molar refractivity (Wildman–Crippen MR) is 103 cm³/mol. The van der Waals surface area contributed by atoms with Gasteiger partial charge in [-0.15, -0.1) is 0 Å². The van der Waals surface area contributed by atoms with Crippen molar-refractivity contribution in [3.8, 4) is 0 Å². The fourth-order valence-corrected chi connectivity index (χ4v) is 5.22. The second kappa shape index (κ2) is 8.62. The first-order valence-corrected chi connectivity index (χ1v) is 11.0. The molecule has 1 aromatic carbocycles. The van der Waals surface area contributed by atoms with Crippen LogP contribution in [-0.2, 0) is 21.2 Å². The summed E-state index contributed by atoms with van der Waals surface area (Å²) in [6.07, 6.45) is 1.45. The number of hydrogen-bond donors (Lipinski definition) is 2. The number of anilines is 1. The first-order valence-electron chi connectivity index (χ1n) is 8.73. The van der Waals surface area contributed by atoms with Gasteiger partial charge in [0.05, 0.1) is 25.3 Å². The van der Waals surface area contributed by atoms with E-state index in [0.717, 1.165) is 31.6 Å². The molecule has 0 aliphatic carbocycles. The van der Waals surface area contributed by atoms with Crippen LogP contribution in [0.5, 0.6) is 0 Å². The van der Waals surface area contributed by atoms with E-state index in [1.165, 1.54) is 11.8 Å². The quantitative estimate of drug-likeness (QED) is 0.600. The Kier molecular flexibility index (Phi) is 7.01. The average Bonchev–Trinajstić information content (AvgIpc) is 2.98. The van der Waals surface area contributed by atoms with Crippen molar-refractivity contribution in [2.75, 3.05) is 37.6 Å². The van der Waals surface area contributed by atoms with E-state index < -0.39 is 10.0 Å². The molecule has 8 heteroatoms. The lowest BCUT2D eigenvalue weighted by Crippen LogP contribution is -3.11. The minimum atomic E-state index is -3.67. The number of nitrogens with zero attached hydrogens (tertiary/aromatic N) is 1. The standard InChI is InChI=1S/C17H26BrN3O3S/c1-4-20(5-2)9-6-8-19-25(23,24)16-12-15(18)11-14-7-10-21(13(3)22)17(14)16/h11-12,19H,4-10H2,1-3H3/p+1. The number of nitrogens with one attached hydrogen (secondary N) is 2. The van der Waals surface area contributed by atoms with Crippen molar-refractivity contribution in [1.29, 1.82) is 0 Å². The molecule has 0 spiro atoms. The van der Waals surface area contributed by atoms with Gasteiger partial charge in [-0.05, 0) is 38.0 Å². The molecule has 0 bridgehead atoms. The van der Waals surface area contributed by atoms with Crippen molar-refractivity contribution < 1.29 is 18.1 Å². The molecule has 2 rings (SSSR count). The molecule has 6 nitrogen and oxygen atoms in total. The van der Waals surface area contributed by atoms with Crippen LogP contribution in [0.3, 0.4) is 0 Å². The highest BCUT2D eigenvalue weighted by Gasteiger charge is 2.31. The van der Waals surface area contributed by atoms with E-state index in [4.69, 9.17) is 0 Å². The minimum Gasteiger partial charge on any atom is -0.335 e. The Morgan fingerprint density at radius 3 is 2.60 bits per heavy atom. The Labute approximate surface area is 158 Å². The van der Waals surface area contributed by atoms with Crippen molar-refractivity contribution in [1.82, 2.24) is 4.72 Å². The predicted octanol–water partition coefficient (Wildman–Crippen LogP) is 0.951. The Morgan fingerprint density at radius 2 is 2.00 bits per heavy atom. The summed E-state index contributed by atoms with van der Waals surface area (Å²) in [5.74, 6) is -0.136. The van der Waals surface area contributed by atoms with Crippen molar-refractivity contribution >= 4 is 37.5 Å². The largest absolute Gasteiger partial charge is 0.335 e. The molecule has 0 atom stereocenters. The third-order valence-corrected chi connectivity index (χ3v) is 6.59. The zero-order valence-electron chi connectivity index (χ0n) is 15.1. The molecular weight excluding hydrogens is 406 g/mol. The molecular formula is C17H27BrN3O3S+. The molecule has 0 radical (unpaired) electrons. The maximum Gasteiger partial charge on any atom is 0.242 e.